The van der Waals surface area contributed by atoms with Crippen LogP contribution >= 0.6 is 0 Å². The first-order valence-corrected chi connectivity index (χ1v) is 7.69. The third-order valence-corrected chi connectivity index (χ3v) is 4.32. The second-order valence-corrected chi connectivity index (χ2v) is 6.62. The van der Waals surface area contributed by atoms with Gasteiger partial charge in [0.2, 0.25) is 0 Å². The number of nitrogens with zero attached hydrogens (tertiary/aromatic N) is 2. The van der Waals surface area contributed by atoms with Crippen molar-refractivity contribution in [2.24, 2.45) is 0 Å². The van der Waals surface area contributed by atoms with Gasteiger partial charge in [-0.3, -0.25) is 0 Å². The minimum Gasteiger partial charge on any atom is -0.314 e. The molecule has 0 atom stereocenters. The van der Waals surface area contributed by atoms with Gasteiger partial charge in [0.1, 0.15) is 0 Å². The Hall–Kier alpha value is -1.42. The summed E-state index contributed by atoms with van der Waals surface area (Å²) in [7, 11) is 0.607. The fourth-order valence-electron chi connectivity index (χ4n) is 1.51. The monoisotopic (exact) mass is 281 g/mol. The topological polar surface area (TPSA) is 73.2 Å². The van der Waals surface area contributed by atoms with E-state index in [1.54, 1.807) is 12.1 Å². The summed E-state index contributed by atoms with van der Waals surface area (Å²) in [6.45, 7) is 2.03. The molecule has 0 aliphatic heterocycles. The van der Waals surface area contributed by atoms with E-state index in [2.05, 4.69) is 5.32 Å². The zero-order valence-electron chi connectivity index (χ0n) is 11.3. The minimum absolute atomic E-state index is 0.0370. The van der Waals surface area contributed by atoms with Crippen LogP contribution in [-0.4, -0.2) is 52.8 Å². The SMILES string of the molecule is CN(C)CCNCCS(=O)(=O)c1cccc(C#N)c1. The van der Waals surface area contributed by atoms with Crippen LogP contribution in [0.25, 0.3) is 0 Å². The molecular formula is C13H19N3O2S. The van der Waals surface area contributed by atoms with Crippen LogP contribution in [0.3, 0.4) is 0 Å². The fraction of sp³-hybridized carbons (Fsp3) is 0.462. The molecule has 0 spiro atoms. The van der Waals surface area contributed by atoms with Crippen LogP contribution in [-0.2, 0) is 9.84 Å². The standard InChI is InChI=1S/C13H19N3O2S/c1-16(2)8-6-15-7-9-19(17,18)13-5-3-4-12(10-13)11-14/h3-5,10,15H,6-9H2,1-2H3. The van der Waals surface area contributed by atoms with Gasteiger partial charge < -0.3 is 10.2 Å². The lowest BCUT2D eigenvalue weighted by atomic mass is 10.2. The van der Waals surface area contributed by atoms with Gasteiger partial charge in [0.15, 0.2) is 9.84 Å². The molecule has 0 bridgehead atoms. The Morgan fingerprint density at radius 1 is 1.32 bits per heavy atom. The molecule has 0 aromatic heterocycles. The summed E-state index contributed by atoms with van der Waals surface area (Å²) in [5.74, 6) is 0.0370. The zero-order valence-corrected chi connectivity index (χ0v) is 12.1. The van der Waals surface area contributed by atoms with Crippen molar-refractivity contribution in [3.8, 4) is 6.07 Å². The molecule has 19 heavy (non-hydrogen) atoms. The zero-order chi connectivity index (χ0) is 14.3. The summed E-state index contributed by atoms with van der Waals surface area (Å²) in [6, 6.07) is 8.06. The Labute approximate surface area is 114 Å². The number of nitrogens with one attached hydrogen (secondary N) is 1. The van der Waals surface area contributed by atoms with Gasteiger partial charge in [0.25, 0.3) is 0 Å². The van der Waals surface area contributed by atoms with E-state index in [4.69, 9.17) is 5.26 Å². The summed E-state index contributed by atoms with van der Waals surface area (Å²) in [4.78, 5) is 2.23. The van der Waals surface area contributed by atoms with Crippen molar-refractivity contribution in [1.29, 1.82) is 5.26 Å². The molecule has 0 saturated heterocycles. The van der Waals surface area contributed by atoms with Crippen LogP contribution in [0.15, 0.2) is 29.2 Å². The highest BCUT2D eigenvalue weighted by molar-refractivity contribution is 7.91. The number of likely N-dealkylation sites (N-methyl/N-ethyl adjacent to an activating group) is 1. The van der Waals surface area contributed by atoms with Crippen LogP contribution in [0, 0.1) is 11.3 Å². The van der Waals surface area contributed by atoms with Gasteiger partial charge in [-0.2, -0.15) is 5.26 Å². The van der Waals surface area contributed by atoms with E-state index in [-0.39, 0.29) is 10.6 Å². The first kappa shape index (κ1) is 15.6. The molecule has 1 N–H and O–H groups in total. The number of benzene rings is 1. The largest absolute Gasteiger partial charge is 0.314 e. The quantitative estimate of drug-likeness (QED) is 0.736. The molecule has 5 nitrogen and oxygen atoms in total. The van der Waals surface area contributed by atoms with Crippen LogP contribution in [0.5, 0.6) is 0 Å². The number of rotatable bonds is 7. The Morgan fingerprint density at radius 3 is 2.68 bits per heavy atom. The number of hydrogen-bond acceptors (Lipinski definition) is 5. The molecule has 1 rings (SSSR count). The lowest BCUT2D eigenvalue weighted by molar-refractivity contribution is 0.402. The summed E-state index contributed by atoms with van der Waals surface area (Å²) >= 11 is 0. The van der Waals surface area contributed by atoms with Crippen molar-refractivity contribution in [3.05, 3.63) is 29.8 Å². The maximum Gasteiger partial charge on any atom is 0.179 e. The van der Waals surface area contributed by atoms with Crippen LogP contribution in [0.1, 0.15) is 5.56 Å². The van der Waals surface area contributed by atoms with E-state index >= 15 is 0 Å². The predicted octanol–water partition coefficient (Wildman–Crippen LogP) is 0.483. The summed E-state index contributed by atoms with van der Waals surface area (Å²) in [6.07, 6.45) is 0. The number of sulfone groups is 1. The van der Waals surface area contributed by atoms with Gasteiger partial charge in [-0.25, -0.2) is 8.42 Å². The molecule has 0 unspecified atom stereocenters. The minimum atomic E-state index is -3.32. The molecule has 0 aliphatic rings. The lowest BCUT2D eigenvalue weighted by Gasteiger charge is -2.10. The van der Waals surface area contributed by atoms with Crippen LogP contribution in [0.4, 0.5) is 0 Å². The number of nitriles is 1. The molecule has 0 saturated carbocycles. The molecule has 0 radical (unpaired) electrons. The van der Waals surface area contributed by atoms with Gasteiger partial charge in [0, 0.05) is 19.6 Å². The van der Waals surface area contributed by atoms with Gasteiger partial charge in [-0.1, -0.05) is 6.07 Å². The smallest absolute Gasteiger partial charge is 0.179 e. The second kappa shape index (κ2) is 7.24. The predicted molar refractivity (Wildman–Crippen MR) is 74.6 cm³/mol. The molecule has 6 heteroatoms. The molecule has 0 fully saturated rings. The maximum atomic E-state index is 12.0. The molecule has 0 aliphatic carbocycles. The Morgan fingerprint density at radius 2 is 2.05 bits per heavy atom. The molecule has 1 aromatic carbocycles. The average Bonchev–Trinajstić information content (AvgIpc) is 2.38. The Balaban J connectivity index is 2.54. The first-order chi connectivity index (χ1) is 8.95. The van der Waals surface area contributed by atoms with E-state index < -0.39 is 9.84 Å². The molecule has 0 amide bonds. The fourth-order valence-corrected chi connectivity index (χ4v) is 2.75. The second-order valence-electron chi connectivity index (χ2n) is 4.51. The third kappa shape index (κ3) is 5.39. The third-order valence-electron chi connectivity index (χ3n) is 2.61. The Kier molecular flexibility index (Phi) is 5.96. The highest BCUT2D eigenvalue weighted by Gasteiger charge is 2.14. The van der Waals surface area contributed by atoms with Gasteiger partial charge in [0.05, 0.1) is 22.3 Å². The normalized spacial score (nSPS) is 11.5. The lowest BCUT2D eigenvalue weighted by Crippen LogP contribution is -2.30. The molecule has 104 valence electrons. The maximum absolute atomic E-state index is 12.0. The van der Waals surface area contributed by atoms with Crippen molar-refractivity contribution in [2.75, 3.05) is 39.5 Å². The van der Waals surface area contributed by atoms with Crippen LogP contribution in [0.2, 0.25) is 0 Å². The van der Waals surface area contributed by atoms with Crippen LogP contribution < -0.4 is 5.32 Å². The highest BCUT2D eigenvalue weighted by Crippen LogP contribution is 2.12. The number of hydrogen-bond donors (Lipinski definition) is 1. The summed E-state index contributed by atoms with van der Waals surface area (Å²) < 4.78 is 24.1. The van der Waals surface area contributed by atoms with Crippen molar-refractivity contribution >= 4 is 9.84 Å². The molecular weight excluding hydrogens is 262 g/mol. The Bertz CT molecular complexity index is 547. The van der Waals surface area contributed by atoms with E-state index in [1.807, 2.05) is 25.1 Å². The van der Waals surface area contributed by atoms with Crippen molar-refractivity contribution in [1.82, 2.24) is 10.2 Å². The molecule has 0 heterocycles. The van der Waals surface area contributed by atoms with E-state index in [0.29, 0.717) is 12.1 Å². The summed E-state index contributed by atoms with van der Waals surface area (Å²) in [5.41, 5.74) is 0.363. The summed E-state index contributed by atoms with van der Waals surface area (Å²) in [5, 5.41) is 11.8. The van der Waals surface area contributed by atoms with E-state index in [9.17, 15) is 8.42 Å². The van der Waals surface area contributed by atoms with Gasteiger partial charge >= 0.3 is 0 Å². The first-order valence-electron chi connectivity index (χ1n) is 6.04. The average molecular weight is 281 g/mol. The van der Waals surface area contributed by atoms with E-state index in [0.717, 1.165) is 13.1 Å². The van der Waals surface area contributed by atoms with Crippen molar-refractivity contribution in [3.63, 3.8) is 0 Å². The molecule has 1 aromatic rings. The van der Waals surface area contributed by atoms with Gasteiger partial charge in [-0.15, -0.1) is 0 Å². The van der Waals surface area contributed by atoms with Crippen molar-refractivity contribution in [2.45, 2.75) is 4.90 Å². The van der Waals surface area contributed by atoms with Crippen molar-refractivity contribution < 1.29 is 8.42 Å². The van der Waals surface area contributed by atoms with Gasteiger partial charge in [-0.05, 0) is 32.3 Å². The highest BCUT2D eigenvalue weighted by atomic mass is 32.2. The van der Waals surface area contributed by atoms with E-state index in [1.165, 1.54) is 12.1 Å².